The monoisotopic (exact) mass is 235 g/mol. The van der Waals surface area contributed by atoms with Gasteiger partial charge in [0.2, 0.25) is 0 Å². The first-order chi connectivity index (χ1) is 6.87. The lowest BCUT2D eigenvalue weighted by molar-refractivity contribution is 0.177. The summed E-state index contributed by atoms with van der Waals surface area (Å²) < 4.78 is 22.0. The van der Waals surface area contributed by atoms with Crippen molar-refractivity contribution in [2.75, 3.05) is 18.6 Å². The number of nitrogens with one attached hydrogen (secondary N) is 1. The van der Waals surface area contributed by atoms with Crippen LogP contribution in [0.5, 0.6) is 0 Å². The number of aliphatic hydroxyl groups is 1. The Balaban J connectivity index is 2.20. The summed E-state index contributed by atoms with van der Waals surface area (Å²) in [5, 5.41) is 12.5. The van der Waals surface area contributed by atoms with Crippen molar-refractivity contribution in [3.05, 3.63) is 0 Å². The van der Waals surface area contributed by atoms with Gasteiger partial charge < -0.3 is 10.4 Å². The smallest absolute Gasteiger partial charge is 0.148 e. The third-order valence-corrected chi connectivity index (χ3v) is 3.93. The number of aliphatic hydroxyl groups excluding tert-OH is 1. The molecular weight excluding hydrogens is 214 g/mol. The average molecular weight is 235 g/mol. The zero-order valence-electron chi connectivity index (χ0n) is 9.44. The predicted octanol–water partition coefficient (Wildman–Crippen LogP) is 0.170. The van der Waals surface area contributed by atoms with Gasteiger partial charge in [0, 0.05) is 12.3 Å². The third-order valence-electron chi connectivity index (χ3n) is 2.82. The third kappa shape index (κ3) is 5.49. The molecule has 1 fully saturated rings. The Morgan fingerprint density at radius 2 is 2.13 bits per heavy atom. The van der Waals surface area contributed by atoms with Crippen LogP contribution in [-0.4, -0.2) is 44.2 Å². The molecule has 0 radical (unpaired) electrons. The van der Waals surface area contributed by atoms with Crippen molar-refractivity contribution < 1.29 is 13.5 Å². The molecule has 90 valence electrons. The molecule has 3 unspecified atom stereocenters. The van der Waals surface area contributed by atoms with Crippen LogP contribution in [0.25, 0.3) is 0 Å². The van der Waals surface area contributed by atoms with Crippen LogP contribution in [-0.2, 0) is 9.84 Å². The number of hydrogen-bond donors (Lipinski definition) is 2. The molecule has 1 saturated carbocycles. The van der Waals surface area contributed by atoms with Crippen LogP contribution in [0.15, 0.2) is 0 Å². The maximum atomic E-state index is 11.0. The fourth-order valence-corrected chi connectivity index (χ4v) is 3.14. The lowest BCUT2D eigenvalue weighted by Crippen LogP contribution is -2.35. The topological polar surface area (TPSA) is 66.4 Å². The van der Waals surface area contributed by atoms with E-state index in [0.29, 0.717) is 5.92 Å². The van der Waals surface area contributed by atoms with E-state index in [1.165, 1.54) is 6.26 Å². The molecule has 1 aliphatic carbocycles. The Bertz CT molecular complexity index is 289. The highest BCUT2D eigenvalue weighted by atomic mass is 32.2. The second-order valence-electron chi connectivity index (χ2n) is 4.73. The molecule has 0 aromatic rings. The summed E-state index contributed by atoms with van der Waals surface area (Å²) in [6, 6.07) is -0.00209. The van der Waals surface area contributed by atoms with Crippen molar-refractivity contribution in [2.45, 2.75) is 38.3 Å². The Morgan fingerprint density at radius 1 is 1.47 bits per heavy atom. The molecule has 4 nitrogen and oxygen atoms in total. The van der Waals surface area contributed by atoms with Crippen molar-refractivity contribution >= 4 is 9.84 Å². The van der Waals surface area contributed by atoms with Gasteiger partial charge in [-0.1, -0.05) is 0 Å². The van der Waals surface area contributed by atoms with E-state index < -0.39 is 9.84 Å². The van der Waals surface area contributed by atoms with Crippen LogP contribution in [0.4, 0.5) is 0 Å². The van der Waals surface area contributed by atoms with Crippen LogP contribution in [0.3, 0.4) is 0 Å². The molecule has 0 heterocycles. The first kappa shape index (κ1) is 12.9. The summed E-state index contributed by atoms with van der Waals surface area (Å²) in [6.07, 6.45) is 3.87. The molecular formula is C10H21NO3S. The maximum absolute atomic E-state index is 11.0. The van der Waals surface area contributed by atoms with Gasteiger partial charge >= 0.3 is 0 Å². The molecule has 0 amide bonds. The minimum atomic E-state index is -2.89. The number of rotatable bonds is 5. The molecule has 0 aliphatic heterocycles. The first-order valence-electron chi connectivity index (χ1n) is 5.46. The lowest BCUT2D eigenvalue weighted by atomic mass is 10.1. The summed E-state index contributed by atoms with van der Waals surface area (Å²) in [4.78, 5) is 0. The zero-order chi connectivity index (χ0) is 11.5. The van der Waals surface area contributed by atoms with Gasteiger partial charge in [0.05, 0.1) is 11.9 Å². The molecule has 1 rings (SSSR count). The fourth-order valence-electron chi connectivity index (χ4n) is 2.11. The van der Waals surface area contributed by atoms with Crippen molar-refractivity contribution in [2.24, 2.45) is 5.92 Å². The van der Waals surface area contributed by atoms with Crippen LogP contribution < -0.4 is 5.32 Å². The van der Waals surface area contributed by atoms with Crippen LogP contribution in [0.2, 0.25) is 0 Å². The fraction of sp³-hybridized carbons (Fsp3) is 1.00. The van der Waals surface area contributed by atoms with Crippen molar-refractivity contribution in [1.82, 2.24) is 5.32 Å². The number of sulfone groups is 1. The molecule has 0 aromatic heterocycles. The van der Waals surface area contributed by atoms with E-state index in [1.807, 2.05) is 6.92 Å². The van der Waals surface area contributed by atoms with Crippen molar-refractivity contribution in [3.8, 4) is 0 Å². The highest BCUT2D eigenvalue weighted by molar-refractivity contribution is 7.90. The minimum absolute atomic E-state index is 0.00209. The first-order valence-corrected chi connectivity index (χ1v) is 7.52. The summed E-state index contributed by atoms with van der Waals surface area (Å²) >= 11 is 0. The van der Waals surface area contributed by atoms with Gasteiger partial charge in [-0.25, -0.2) is 8.42 Å². The van der Waals surface area contributed by atoms with E-state index >= 15 is 0 Å². The lowest BCUT2D eigenvalue weighted by Gasteiger charge is -2.16. The highest BCUT2D eigenvalue weighted by Crippen LogP contribution is 2.24. The van der Waals surface area contributed by atoms with E-state index in [-0.39, 0.29) is 17.9 Å². The maximum Gasteiger partial charge on any atom is 0.148 e. The van der Waals surface area contributed by atoms with Gasteiger partial charge in [0.15, 0.2) is 0 Å². The quantitative estimate of drug-likeness (QED) is 0.713. The van der Waals surface area contributed by atoms with Gasteiger partial charge in [-0.3, -0.25) is 0 Å². The van der Waals surface area contributed by atoms with Gasteiger partial charge in [-0.15, -0.1) is 0 Å². The van der Waals surface area contributed by atoms with Crippen molar-refractivity contribution in [1.29, 1.82) is 0 Å². The largest absolute Gasteiger partial charge is 0.393 e. The average Bonchev–Trinajstić information content (AvgIpc) is 2.45. The van der Waals surface area contributed by atoms with Crippen LogP contribution >= 0.6 is 0 Å². The normalized spacial score (nSPS) is 29.3. The standard InChI is InChI=1S/C10H21NO3S/c1-8(7-15(2,13)14)11-6-9-3-4-10(12)5-9/h8-12H,3-7H2,1-2H3. The molecule has 0 saturated heterocycles. The second kappa shape index (κ2) is 5.27. The summed E-state index contributed by atoms with van der Waals surface area (Å²) in [5.41, 5.74) is 0. The Hall–Kier alpha value is -0.130. The van der Waals surface area contributed by atoms with E-state index in [2.05, 4.69) is 5.32 Å². The Morgan fingerprint density at radius 3 is 2.60 bits per heavy atom. The van der Waals surface area contributed by atoms with Crippen LogP contribution in [0.1, 0.15) is 26.2 Å². The summed E-state index contributed by atoms with van der Waals surface area (Å²) in [6.45, 7) is 2.69. The summed E-state index contributed by atoms with van der Waals surface area (Å²) in [5.74, 6) is 0.685. The molecule has 15 heavy (non-hydrogen) atoms. The second-order valence-corrected chi connectivity index (χ2v) is 6.92. The summed E-state index contributed by atoms with van der Waals surface area (Å²) in [7, 11) is -2.89. The molecule has 3 atom stereocenters. The number of hydrogen-bond acceptors (Lipinski definition) is 4. The van der Waals surface area contributed by atoms with Crippen molar-refractivity contribution in [3.63, 3.8) is 0 Å². The van der Waals surface area contributed by atoms with Crippen LogP contribution in [0, 0.1) is 5.92 Å². The van der Waals surface area contributed by atoms with E-state index in [9.17, 15) is 13.5 Å². The van der Waals surface area contributed by atoms with Gasteiger partial charge in [-0.2, -0.15) is 0 Å². The van der Waals surface area contributed by atoms with Gasteiger partial charge in [0.25, 0.3) is 0 Å². The molecule has 0 aromatic carbocycles. The van der Waals surface area contributed by atoms with E-state index in [1.54, 1.807) is 0 Å². The molecule has 2 N–H and O–H groups in total. The minimum Gasteiger partial charge on any atom is -0.393 e. The zero-order valence-corrected chi connectivity index (χ0v) is 10.3. The van der Waals surface area contributed by atoms with E-state index in [0.717, 1.165) is 25.8 Å². The predicted molar refractivity (Wildman–Crippen MR) is 60.5 cm³/mol. The Kier molecular flexibility index (Phi) is 4.55. The van der Waals surface area contributed by atoms with Gasteiger partial charge in [-0.05, 0) is 38.6 Å². The van der Waals surface area contributed by atoms with Gasteiger partial charge in [0.1, 0.15) is 9.84 Å². The molecule has 0 spiro atoms. The van der Waals surface area contributed by atoms with E-state index in [4.69, 9.17) is 0 Å². The molecule has 5 heteroatoms. The highest BCUT2D eigenvalue weighted by Gasteiger charge is 2.23. The Labute approximate surface area is 92.0 Å². The molecule has 0 bridgehead atoms. The SMILES string of the molecule is CC(CS(C)(=O)=O)NCC1CCC(O)C1. The molecule has 1 aliphatic rings.